The normalized spacial score (nSPS) is 18.4. The zero-order valence-electron chi connectivity index (χ0n) is 8.31. The van der Waals surface area contributed by atoms with Gasteiger partial charge in [-0.1, -0.05) is 0 Å². The quantitative estimate of drug-likeness (QED) is 0.754. The van der Waals surface area contributed by atoms with Gasteiger partial charge in [-0.05, 0) is 12.8 Å². The Morgan fingerprint density at radius 1 is 1.47 bits per heavy atom. The highest BCUT2D eigenvalue weighted by Crippen LogP contribution is 2.11. The first-order chi connectivity index (χ1) is 7.18. The molecule has 1 saturated heterocycles. The lowest BCUT2D eigenvalue weighted by molar-refractivity contribution is 0.464. The molecule has 1 aliphatic rings. The standard InChI is InChI=1S/C8H14N4O2S/c13-15(14,12-3-1-2-4-12)11-6-8-5-9-7-10-8/h5,7,11H,1-4,6H2,(H,9,10). The first-order valence-electron chi connectivity index (χ1n) is 4.90. The third-order valence-electron chi connectivity index (χ3n) is 2.40. The number of H-pyrrole nitrogens is 1. The van der Waals surface area contributed by atoms with Crippen LogP contribution in [0.1, 0.15) is 18.5 Å². The van der Waals surface area contributed by atoms with E-state index < -0.39 is 10.2 Å². The first-order valence-corrected chi connectivity index (χ1v) is 6.34. The number of nitrogens with zero attached hydrogens (tertiary/aromatic N) is 2. The summed E-state index contributed by atoms with van der Waals surface area (Å²) in [5, 5.41) is 0. The van der Waals surface area contributed by atoms with E-state index in [2.05, 4.69) is 14.7 Å². The molecule has 1 aromatic rings. The third-order valence-corrected chi connectivity index (χ3v) is 3.96. The second kappa shape index (κ2) is 4.30. The highest BCUT2D eigenvalue weighted by atomic mass is 32.2. The Labute approximate surface area is 88.9 Å². The molecule has 2 rings (SSSR count). The van der Waals surface area contributed by atoms with Crippen LogP contribution in [-0.4, -0.2) is 35.8 Å². The van der Waals surface area contributed by atoms with E-state index in [1.54, 1.807) is 6.20 Å². The van der Waals surface area contributed by atoms with Crippen molar-refractivity contribution in [2.75, 3.05) is 13.1 Å². The number of hydrogen-bond acceptors (Lipinski definition) is 3. The molecular weight excluding hydrogens is 216 g/mol. The smallest absolute Gasteiger partial charge is 0.279 e. The minimum Gasteiger partial charge on any atom is -0.347 e. The molecule has 0 bridgehead atoms. The van der Waals surface area contributed by atoms with Crippen LogP contribution in [0.15, 0.2) is 12.5 Å². The minimum absolute atomic E-state index is 0.263. The molecule has 0 spiro atoms. The Morgan fingerprint density at radius 2 is 2.20 bits per heavy atom. The van der Waals surface area contributed by atoms with Gasteiger partial charge in [0, 0.05) is 25.0 Å². The highest BCUT2D eigenvalue weighted by molar-refractivity contribution is 7.87. The number of aromatic nitrogens is 2. The molecular formula is C8H14N4O2S. The molecule has 0 unspecified atom stereocenters. The molecule has 1 aliphatic heterocycles. The van der Waals surface area contributed by atoms with Crippen LogP contribution in [0.25, 0.3) is 0 Å². The topological polar surface area (TPSA) is 78.1 Å². The van der Waals surface area contributed by atoms with Crippen LogP contribution in [0, 0.1) is 0 Å². The number of rotatable bonds is 4. The molecule has 0 aromatic carbocycles. The number of nitrogens with one attached hydrogen (secondary N) is 2. The summed E-state index contributed by atoms with van der Waals surface area (Å²) >= 11 is 0. The average Bonchev–Trinajstić information content (AvgIpc) is 2.88. The van der Waals surface area contributed by atoms with E-state index in [1.165, 1.54) is 10.6 Å². The molecule has 0 atom stereocenters. The molecule has 2 N–H and O–H groups in total. The van der Waals surface area contributed by atoms with E-state index in [9.17, 15) is 8.42 Å². The zero-order valence-corrected chi connectivity index (χ0v) is 9.13. The Balaban J connectivity index is 1.93. The van der Waals surface area contributed by atoms with Crippen LogP contribution in [0.3, 0.4) is 0 Å². The van der Waals surface area contributed by atoms with Gasteiger partial charge in [-0.2, -0.15) is 17.4 Å². The van der Waals surface area contributed by atoms with Crippen molar-refractivity contribution >= 4 is 10.2 Å². The highest BCUT2D eigenvalue weighted by Gasteiger charge is 2.24. The summed E-state index contributed by atoms with van der Waals surface area (Å²) in [6.45, 7) is 1.51. The molecule has 2 heterocycles. The molecule has 7 heteroatoms. The summed E-state index contributed by atoms with van der Waals surface area (Å²) in [6, 6.07) is 0. The molecule has 1 fully saturated rings. The third kappa shape index (κ3) is 2.55. The van der Waals surface area contributed by atoms with Crippen molar-refractivity contribution in [2.45, 2.75) is 19.4 Å². The lowest BCUT2D eigenvalue weighted by Gasteiger charge is -2.15. The van der Waals surface area contributed by atoms with Crippen LogP contribution in [-0.2, 0) is 16.8 Å². The molecule has 0 aliphatic carbocycles. The molecule has 6 nitrogen and oxygen atoms in total. The lowest BCUT2D eigenvalue weighted by atomic mass is 10.4. The van der Waals surface area contributed by atoms with Crippen LogP contribution in [0.2, 0.25) is 0 Å². The Kier molecular flexibility index (Phi) is 3.03. The predicted molar refractivity (Wildman–Crippen MR) is 55.2 cm³/mol. The van der Waals surface area contributed by atoms with Gasteiger partial charge in [-0.25, -0.2) is 4.98 Å². The fraction of sp³-hybridized carbons (Fsp3) is 0.625. The summed E-state index contributed by atoms with van der Waals surface area (Å²) in [5.41, 5.74) is 0.762. The van der Waals surface area contributed by atoms with Crippen molar-refractivity contribution in [2.24, 2.45) is 0 Å². The van der Waals surface area contributed by atoms with Crippen molar-refractivity contribution < 1.29 is 8.42 Å². The summed E-state index contributed by atoms with van der Waals surface area (Å²) < 4.78 is 27.4. The van der Waals surface area contributed by atoms with Gasteiger partial charge < -0.3 is 4.98 Å². The SMILES string of the molecule is O=S(=O)(NCc1cnc[nH]1)N1CCCC1. The largest absolute Gasteiger partial charge is 0.347 e. The fourth-order valence-electron chi connectivity index (χ4n) is 1.57. The molecule has 0 radical (unpaired) electrons. The molecule has 84 valence electrons. The van der Waals surface area contributed by atoms with E-state index in [0.29, 0.717) is 13.1 Å². The summed E-state index contributed by atoms with van der Waals surface area (Å²) in [4.78, 5) is 6.66. The van der Waals surface area contributed by atoms with Crippen molar-refractivity contribution in [3.63, 3.8) is 0 Å². The first kappa shape index (κ1) is 10.6. The number of aromatic amines is 1. The van der Waals surface area contributed by atoms with Gasteiger partial charge in [-0.15, -0.1) is 0 Å². The van der Waals surface area contributed by atoms with E-state index >= 15 is 0 Å². The van der Waals surface area contributed by atoms with Crippen LogP contribution in [0.5, 0.6) is 0 Å². The van der Waals surface area contributed by atoms with E-state index in [-0.39, 0.29) is 6.54 Å². The molecule has 0 saturated carbocycles. The fourth-order valence-corrected chi connectivity index (χ4v) is 2.83. The second-order valence-electron chi connectivity index (χ2n) is 3.51. The van der Waals surface area contributed by atoms with Crippen LogP contribution >= 0.6 is 0 Å². The minimum atomic E-state index is -3.30. The Morgan fingerprint density at radius 3 is 2.80 bits per heavy atom. The maximum Gasteiger partial charge on any atom is 0.279 e. The van der Waals surface area contributed by atoms with Gasteiger partial charge in [-0.3, -0.25) is 0 Å². The van der Waals surface area contributed by atoms with Crippen molar-refractivity contribution in [1.82, 2.24) is 19.0 Å². The van der Waals surface area contributed by atoms with Crippen LogP contribution in [0.4, 0.5) is 0 Å². The van der Waals surface area contributed by atoms with Gasteiger partial charge in [0.15, 0.2) is 0 Å². The van der Waals surface area contributed by atoms with Gasteiger partial charge in [0.05, 0.1) is 12.9 Å². The van der Waals surface area contributed by atoms with Crippen molar-refractivity contribution in [3.8, 4) is 0 Å². The summed E-state index contributed by atoms with van der Waals surface area (Å²) in [5.74, 6) is 0. The van der Waals surface area contributed by atoms with Crippen LogP contribution < -0.4 is 4.72 Å². The lowest BCUT2D eigenvalue weighted by Crippen LogP contribution is -2.38. The van der Waals surface area contributed by atoms with Crippen molar-refractivity contribution in [3.05, 3.63) is 18.2 Å². The maximum absolute atomic E-state index is 11.7. The molecule has 0 amide bonds. The molecule has 15 heavy (non-hydrogen) atoms. The van der Waals surface area contributed by atoms with Gasteiger partial charge in [0.1, 0.15) is 0 Å². The van der Waals surface area contributed by atoms with E-state index in [4.69, 9.17) is 0 Å². The number of imidazole rings is 1. The van der Waals surface area contributed by atoms with Crippen molar-refractivity contribution in [1.29, 1.82) is 0 Å². The van der Waals surface area contributed by atoms with Gasteiger partial charge >= 0.3 is 0 Å². The van der Waals surface area contributed by atoms with Gasteiger partial charge in [0.2, 0.25) is 0 Å². The Bertz CT molecular complexity index is 394. The monoisotopic (exact) mass is 230 g/mol. The van der Waals surface area contributed by atoms with E-state index in [0.717, 1.165) is 18.5 Å². The summed E-state index contributed by atoms with van der Waals surface area (Å²) in [7, 11) is -3.30. The predicted octanol–water partition coefficient (Wildman–Crippen LogP) is -0.160. The second-order valence-corrected chi connectivity index (χ2v) is 5.26. The zero-order chi connectivity index (χ0) is 10.7. The van der Waals surface area contributed by atoms with E-state index in [1.807, 2.05) is 0 Å². The Hall–Kier alpha value is -0.920. The summed E-state index contributed by atoms with van der Waals surface area (Å²) in [6.07, 6.45) is 5.03. The maximum atomic E-state index is 11.7. The molecule has 1 aromatic heterocycles. The number of hydrogen-bond donors (Lipinski definition) is 2. The average molecular weight is 230 g/mol. The van der Waals surface area contributed by atoms with Gasteiger partial charge in [0.25, 0.3) is 10.2 Å².